The Kier molecular flexibility index (Phi) is 5.86. The normalized spacial score (nSPS) is 23.9. The van der Waals surface area contributed by atoms with E-state index in [4.69, 9.17) is 0 Å². The van der Waals surface area contributed by atoms with E-state index in [-0.39, 0.29) is 12.6 Å². The average molecular weight is 297 g/mol. The van der Waals surface area contributed by atoms with Gasteiger partial charge in [-0.1, -0.05) is 29.4 Å². The first-order valence-electron chi connectivity index (χ1n) is 5.60. The second kappa shape index (κ2) is 6.67. The van der Waals surface area contributed by atoms with Crippen LogP contribution in [0, 0.1) is 0 Å². The highest BCUT2D eigenvalue weighted by Crippen LogP contribution is 2.16. The van der Waals surface area contributed by atoms with Crippen LogP contribution in [-0.2, 0) is 0 Å². The van der Waals surface area contributed by atoms with Gasteiger partial charge in [0.25, 0.3) is 6.43 Å². The molecule has 1 atom stereocenters. The summed E-state index contributed by atoms with van der Waals surface area (Å²) >= 11 is 3.34. The van der Waals surface area contributed by atoms with Gasteiger partial charge < -0.3 is 0 Å². The Morgan fingerprint density at radius 2 is 2.19 bits per heavy atom. The molecule has 0 aromatic rings. The smallest absolute Gasteiger partial charge is 0.251 e. The minimum absolute atomic E-state index is 0.0956. The zero-order valence-electron chi connectivity index (χ0n) is 9.63. The second-order valence-corrected chi connectivity index (χ2v) is 5.32. The maximum atomic E-state index is 12.4. The predicted molar refractivity (Wildman–Crippen MR) is 66.2 cm³/mol. The largest absolute Gasteiger partial charge is 0.296 e. The van der Waals surface area contributed by atoms with Crippen molar-refractivity contribution in [3.05, 3.63) is 11.1 Å². The van der Waals surface area contributed by atoms with Gasteiger partial charge in [-0.3, -0.25) is 9.80 Å². The molecule has 0 spiro atoms. The SMILES string of the molecule is C=C(Br)CN1CCN(CC(F)F)C(CC)C1. The van der Waals surface area contributed by atoms with Crippen molar-refractivity contribution in [3.8, 4) is 0 Å². The fraction of sp³-hybridized carbons (Fsp3) is 0.818. The first-order chi connectivity index (χ1) is 7.52. The third-order valence-electron chi connectivity index (χ3n) is 2.93. The van der Waals surface area contributed by atoms with Crippen LogP contribution in [0.3, 0.4) is 0 Å². The lowest BCUT2D eigenvalue weighted by Gasteiger charge is -2.41. The van der Waals surface area contributed by atoms with Gasteiger partial charge in [-0.15, -0.1) is 0 Å². The molecule has 1 saturated heterocycles. The van der Waals surface area contributed by atoms with Crippen molar-refractivity contribution in [2.24, 2.45) is 0 Å². The van der Waals surface area contributed by atoms with Crippen LogP contribution in [-0.4, -0.2) is 55.0 Å². The van der Waals surface area contributed by atoms with E-state index in [1.807, 2.05) is 4.90 Å². The molecular formula is C11H19BrF2N2. The van der Waals surface area contributed by atoms with Crippen molar-refractivity contribution in [2.45, 2.75) is 25.8 Å². The summed E-state index contributed by atoms with van der Waals surface area (Å²) in [7, 11) is 0. The van der Waals surface area contributed by atoms with Gasteiger partial charge in [0.1, 0.15) is 0 Å². The second-order valence-electron chi connectivity index (χ2n) is 4.20. The standard InChI is InChI=1S/C11H19BrF2N2/c1-3-10-7-15(6-9(2)12)4-5-16(10)8-11(13)14/h10-11H,2-8H2,1H3. The summed E-state index contributed by atoms with van der Waals surface area (Å²) in [6.07, 6.45) is -1.32. The molecule has 1 heterocycles. The van der Waals surface area contributed by atoms with E-state index in [1.54, 1.807) is 0 Å². The molecule has 1 unspecified atom stereocenters. The number of alkyl halides is 2. The lowest BCUT2D eigenvalue weighted by Crippen LogP contribution is -2.54. The van der Waals surface area contributed by atoms with Gasteiger partial charge in [-0.2, -0.15) is 0 Å². The fourth-order valence-corrected chi connectivity index (χ4v) is 2.50. The van der Waals surface area contributed by atoms with E-state index in [9.17, 15) is 8.78 Å². The molecule has 1 aliphatic rings. The molecule has 1 aliphatic heterocycles. The number of rotatable bonds is 5. The van der Waals surface area contributed by atoms with Crippen LogP contribution in [0.5, 0.6) is 0 Å². The topological polar surface area (TPSA) is 6.48 Å². The third kappa shape index (κ3) is 4.47. The highest BCUT2D eigenvalue weighted by Gasteiger charge is 2.27. The van der Waals surface area contributed by atoms with Crippen molar-refractivity contribution in [1.29, 1.82) is 0 Å². The van der Waals surface area contributed by atoms with Crippen LogP contribution >= 0.6 is 15.9 Å². The first-order valence-corrected chi connectivity index (χ1v) is 6.40. The van der Waals surface area contributed by atoms with Gasteiger partial charge in [0.05, 0.1) is 6.54 Å². The monoisotopic (exact) mass is 296 g/mol. The number of hydrogen-bond donors (Lipinski definition) is 0. The van der Waals surface area contributed by atoms with Crippen molar-refractivity contribution in [1.82, 2.24) is 9.80 Å². The number of halogens is 3. The van der Waals surface area contributed by atoms with Gasteiger partial charge >= 0.3 is 0 Å². The lowest BCUT2D eigenvalue weighted by atomic mass is 10.1. The van der Waals surface area contributed by atoms with E-state index >= 15 is 0 Å². The maximum absolute atomic E-state index is 12.4. The van der Waals surface area contributed by atoms with E-state index in [2.05, 4.69) is 34.3 Å². The number of nitrogens with zero attached hydrogens (tertiary/aromatic N) is 2. The Hall–Kier alpha value is -0.0000000000000000555. The molecule has 0 amide bonds. The fourth-order valence-electron chi connectivity index (χ4n) is 2.15. The lowest BCUT2D eigenvalue weighted by molar-refractivity contribution is 0.0223. The molecule has 0 aromatic heterocycles. The molecule has 0 saturated carbocycles. The van der Waals surface area contributed by atoms with E-state index in [0.29, 0.717) is 0 Å². The zero-order chi connectivity index (χ0) is 12.1. The summed E-state index contributed by atoms with van der Waals surface area (Å²) in [6.45, 7) is 8.99. The summed E-state index contributed by atoms with van der Waals surface area (Å²) in [5, 5.41) is 0. The quantitative estimate of drug-likeness (QED) is 0.769. The van der Waals surface area contributed by atoms with Gasteiger partial charge in [0, 0.05) is 36.7 Å². The maximum Gasteiger partial charge on any atom is 0.251 e. The first kappa shape index (κ1) is 14.1. The van der Waals surface area contributed by atoms with Crippen LogP contribution in [0.4, 0.5) is 8.78 Å². The Bertz CT molecular complexity index is 236. The molecule has 0 bridgehead atoms. The highest BCUT2D eigenvalue weighted by atomic mass is 79.9. The minimum atomic E-state index is -2.23. The molecule has 16 heavy (non-hydrogen) atoms. The Balaban J connectivity index is 2.46. The third-order valence-corrected chi connectivity index (χ3v) is 3.18. The summed E-state index contributed by atoms with van der Waals surface area (Å²) in [6, 6.07) is 0.245. The molecular weight excluding hydrogens is 278 g/mol. The molecule has 1 rings (SSSR count). The summed E-state index contributed by atoms with van der Waals surface area (Å²) in [5.41, 5.74) is 0. The molecule has 0 N–H and O–H groups in total. The molecule has 5 heteroatoms. The van der Waals surface area contributed by atoms with Crippen molar-refractivity contribution >= 4 is 15.9 Å². The summed E-state index contributed by atoms with van der Waals surface area (Å²) < 4.78 is 25.7. The van der Waals surface area contributed by atoms with Gasteiger partial charge in [0.15, 0.2) is 0 Å². The number of hydrogen-bond acceptors (Lipinski definition) is 2. The molecule has 0 radical (unpaired) electrons. The molecule has 2 nitrogen and oxygen atoms in total. The van der Waals surface area contributed by atoms with Crippen LogP contribution in [0.25, 0.3) is 0 Å². The van der Waals surface area contributed by atoms with Crippen LogP contribution in [0.15, 0.2) is 11.1 Å². The summed E-state index contributed by atoms with van der Waals surface area (Å²) in [4.78, 5) is 4.16. The van der Waals surface area contributed by atoms with Gasteiger partial charge in [-0.25, -0.2) is 8.78 Å². The average Bonchev–Trinajstić information content (AvgIpc) is 2.18. The van der Waals surface area contributed by atoms with Crippen molar-refractivity contribution in [3.63, 3.8) is 0 Å². The number of piperazine rings is 1. The predicted octanol–water partition coefficient (Wildman–Crippen LogP) is 2.56. The van der Waals surface area contributed by atoms with Crippen LogP contribution < -0.4 is 0 Å². The van der Waals surface area contributed by atoms with E-state index in [0.717, 1.165) is 37.1 Å². The van der Waals surface area contributed by atoms with Crippen LogP contribution in [0.2, 0.25) is 0 Å². The molecule has 0 aliphatic carbocycles. The van der Waals surface area contributed by atoms with E-state index in [1.165, 1.54) is 0 Å². The molecule has 0 aromatic carbocycles. The van der Waals surface area contributed by atoms with Crippen molar-refractivity contribution in [2.75, 3.05) is 32.7 Å². The van der Waals surface area contributed by atoms with E-state index < -0.39 is 6.43 Å². The Morgan fingerprint density at radius 3 is 2.69 bits per heavy atom. The zero-order valence-corrected chi connectivity index (χ0v) is 11.2. The summed E-state index contributed by atoms with van der Waals surface area (Å²) in [5.74, 6) is 0. The molecule has 1 fully saturated rings. The van der Waals surface area contributed by atoms with Crippen molar-refractivity contribution < 1.29 is 8.78 Å². The van der Waals surface area contributed by atoms with Gasteiger partial charge in [0.2, 0.25) is 0 Å². The Morgan fingerprint density at radius 1 is 1.50 bits per heavy atom. The molecule has 94 valence electrons. The van der Waals surface area contributed by atoms with Crippen LogP contribution in [0.1, 0.15) is 13.3 Å². The minimum Gasteiger partial charge on any atom is -0.296 e. The highest BCUT2D eigenvalue weighted by molar-refractivity contribution is 9.11. The Labute approximate surface area is 104 Å². The van der Waals surface area contributed by atoms with Gasteiger partial charge in [-0.05, 0) is 6.42 Å².